The van der Waals surface area contributed by atoms with E-state index in [0.717, 1.165) is 16.7 Å². The average Bonchev–Trinajstić information content (AvgIpc) is 2.88. The Kier molecular flexibility index (Phi) is 10.8. The van der Waals surface area contributed by atoms with Crippen LogP contribution in [-0.2, 0) is 35.8 Å². The predicted molar refractivity (Wildman–Crippen MR) is 137 cm³/mol. The predicted octanol–water partition coefficient (Wildman–Crippen LogP) is 3.01. The van der Waals surface area contributed by atoms with Crippen LogP contribution in [0.25, 0.3) is 0 Å². The van der Waals surface area contributed by atoms with E-state index in [-0.39, 0.29) is 23.4 Å². The summed E-state index contributed by atoms with van der Waals surface area (Å²) < 4.78 is 33.0. The number of aliphatic carboxylic acids is 1. The van der Waals surface area contributed by atoms with Gasteiger partial charge >= 0.3 is 12.1 Å². The summed E-state index contributed by atoms with van der Waals surface area (Å²) in [6.45, 7) is 2.66. The Morgan fingerprint density at radius 2 is 1.63 bits per heavy atom. The number of alkyl halides is 3. The van der Waals surface area contributed by atoms with E-state index in [0.29, 0.717) is 31.0 Å². The van der Waals surface area contributed by atoms with Gasteiger partial charge in [0.2, 0.25) is 5.91 Å². The van der Waals surface area contributed by atoms with Gasteiger partial charge in [0.1, 0.15) is 6.54 Å². The normalized spacial score (nSPS) is 10.8. The number of nitrogens with two attached hydrogens (primary N) is 2. The Balaban J connectivity index is 0.000000638. The number of halogens is 4. The zero-order valence-corrected chi connectivity index (χ0v) is 20.9. The van der Waals surface area contributed by atoms with E-state index < -0.39 is 17.7 Å². The Morgan fingerprint density at radius 1 is 1.05 bits per heavy atom. The molecule has 1 amide bonds. The molecule has 2 aromatic carbocycles. The zero-order chi connectivity index (χ0) is 28.5. The number of carboxylic acids is 1. The van der Waals surface area contributed by atoms with Crippen molar-refractivity contribution in [1.29, 1.82) is 0 Å². The number of amides is 1. The van der Waals surface area contributed by atoms with Gasteiger partial charge in [0.05, 0.1) is 5.69 Å². The first-order valence-corrected chi connectivity index (χ1v) is 11.4. The molecule has 0 spiro atoms. The van der Waals surface area contributed by atoms with Crippen molar-refractivity contribution in [3.05, 3.63) is 86.4 Å². The van der Waals surface area contributed by atoms with Crippen molar-refractivity contribution >= 4 is 35.0 Å². The quantitative estimate of drug-likeness (QED) is 0.283. The van der Waals surface area contributed by atoms with Gasteiger partial charge in [-0.15, -0.1) is 0 Å². The van der Waals surface area contributed by atoms with Gasteiger partial charge in [-0.2, -0.15) is 13.2 Å². The molecular formula is C24H26ClF3N6O4. The molecule has 0 radical (unpaired) electrons. The summed E-state index contributed by atoms with van der Waals surface area (Å²) >= 11 is 6.23. The Morgan fingerprint density at radius 3 is 2.18 bits per heavy atom. The van der Waals surface area contributed by atoms with E-state index in [4.69, 9.17) is 33.0 Å². The van der Waals surface area contributed by atoms with Crippen LogP contribution in [0.4, 0.5) is 24.7 Å². The van der Waals surface area contributed by atoms with Gasteiger partial charge in [0.25, 0.3) is 5.56 Å². The first-order valence-electron chi connectivity index (χ1n) is 11.0. The number of nitrogens with one attached hydrogen (secondary N) is 2. The molecule has 0 bridgehead atoms. The minimum atomic E-state index is -5.08. The summed E-state index contributed by atoms with van der Waals surface area (Å²) in [5.41, 5.74) is 14.7. The number of anilines is 2. The van der Waals surface area contributed by atoms with Crippen molar-refractivity contribution in [2.45, 2.75) is 39.3 Å². The molecule has 0 atom stereocenters. The molecule has 10 nitrogen and oxygen atoms in total. The number of aromatic nitrogens is 2. The highest BCUT2D eigenvalue weighted by Gasteiger charge is 2.38. The number of benzene rings is 2. The molecule has 0 aliphatic rings. The van der Waals surface area contributed by atoms with Crippen LogP contribution in [0.2, 0.25) is 5.15 Å². The number of hydrogen-bond donors (Lipinski definition) is 5. The van der Waals surface area contributed by atoms with Crippen LogP contribution >= 0.6 is 11.6 Å². The third kappa shape index (κ3) is 8.87. The molecule has 0 fully saturated rings. The fourth-order valence-electron chi connectivity index (χ4n) is 3.02. The lowest BCUT2D eigenvalue weighted by Gasteiger charge is -2.14. The summed E-state index contributed by atoms with van der Waals surface area (Å²) in [6, 6.07) is 14.9. The molecule has 0 aliphatic heterocycles. The molecule has 7 N–H and O–H groups in total. The maximum Gasteiger partial charge on any atom is 0.490 e. The Bertz CT molecular complexity index is 1330. The zero-order valence-electron chi connectivity index (χ0n) is 20.2. The third-order valence-corrected chi connectivity index (χ3v) is 5.43. The molecule has 0 saturated heterocycles. The molecule has 14 heteroatoms. The molecule has 204 valence electrons. The fraction of sp³-hybridized carbons (Fsp3) is 0.250. The molecule has 1 heterocycles. The second-order valence-corrected chi connectivity index (χ2v) is 8.22. The third-order valence-electron chi connectivity index (χ3n) is 5.07. The van der Waals surface area contributed by atoms with Crippen LogP contribution in [0.15, 0.2) is 53.3 Å². The number of rotatable bonds is 8. The van der Waals surface area contributed by atoms with E-state index in [1.165, 1.54) is 4.57 Å². The van der Waals surface area contributed by atoms with Crippen molar-refractivity contribution in [1.82, 2.24) is 9.55 Å². The first kappa shape index (κ1) is 30.3. The largest absolute Gasteiger partial charge is 0.490 e. The summed E-state index contributed by atoms with van der Waals surface area (Å²) in [7, 11) is 0. The van der Waals surface area contributed by atoms with Crippen molar-refractivity contribution in [2.75, 3.05) is 10.6 Å². The Hall–Kier alpha value is -3.94. The van der Waals surface area contributed by atoms with E-state index in [1.807, 2.05) is 30.3 Å². The standard InChI is InChI=1S/C22H25ClN6O2.C2HF3O2/c1-14-20(23)28-21(26-12-16-7-5-15(10-24)6-8-16)22(31)29(14)13-19(30)27-18-4-2-3-17(9-18)11-25;3-2(4,5)1(6)7/h2-9H,10-13,24-25H2,1H3,(H,26,28)(H,27,30);(H,6,7). The summed E-state index contributed by atoms with van der Waals surface area (Å²) in [5, 5.41) is 13.1. The summed E-state index contributed by atoms with van der Waals surface area (Å²) in [4.78, 5) is 38.5. The smallest absolute Gasteiger partial charge is 0.475 e. The van der Waals surface area contributed by atoms with Gasteiger partial charge in [0.15, 0.2) is 11.0 Å². The fourth-order valence-corrected chi connectivity index (χ4v) is 3.21. The van der Waals surface area contributed by atoms with E-state index in [2.05, 4.69) is 15.6 Å². The molecule has 0 unspecified atom stereocenters. The second-order valence-electron chi connectivity index (χ2n) is 7.86. The number of carbonyl (C=O) groups is 2. The van der Waals surface area contributed by atoms with E-state index in [9.17, 15) is 22.8 Å². The topological polar surface area (TPSA) is 165 Å². The molecule has 3 aromatic rings. The average molecular weight is 555 g/mol. The van der Waals surface area contributed by atoms with Crippen molar-refractivity contribution in [3.8, 4) is 0 Å². The lowest BCUT2D eigenvalue weighted by atomic mass is 10.1. The van der Waals surface area contributed by atoms with Crippen LogP contribution in [0.3, 0.4) is 0 Å². The lowest BCUT2D eigenvalue weighted by Crippen LogP contribution is -2.32. The van der Waals surface area contributed by atoms with Crippen molar-refractivity contribution in [3.63, 3.8) is 0 Å². The molecule has 3 rings (SSSR count). The number of nitrogens with zero attached hydrogens (tertiary/aromatic N) is 2. The minimum absolute atomic E-state index is 0.0800. The van der Waals surface area contributed by atoms with Gasteiger partial charge in [-0.3, -0.25) is 14.2 Å². The lowest BCUT2D eigenvalue weighted by molar-refractivity contribution is -0.192. The number of carbonyl (C=O) groups excluding carboxylic acids is 1. The summed E-state index contributed by atoms with van der Waals surface area (Å²) in [5.74, 6) is -3.03. The monoisotopic (exact) mass is 554 g/mol. The first-order chi connectivity index (χ1) is 17.8. The van der Waals surface area contributed by atoms with Gasteiger partial charge in [-0.25, -0.2) is 9.78 Å². The molecular weight excluding hydrogens is 529 g/mol. The van der Waals surface area contributed by atoms with Crippen molar-refractivity contribution in [2.24, 2.45) is 11.5 Å². The SMILES string of the molecule is Cc1c(Cl)nc(NCc2ccc(CN)cc2)c(=O)n1CC(=O)Nc1cccc(CN)c1.O=C(O)C(F)(F)F. The van der Waals surface area contributed by atoms with Crippen LogP contribution in [0.5, 0.6) is 0 Å². The van der Waals surface area contributed by atoms with E-state index in [1.54, 1.807) is 25.1 Å². The number of hydrogen-bond acceptors (Lipinski definition) is 7. The molecule has 1 aromatic heterocycles. The maximum atomic E-state index is 12.9. The molecule has 38 heavy (non-hydrogen) atoms. The van der Waals surface area contributed by atoms with Crippen LogP contribution < -0.4 is 27.7 Å². The van der Waals surface area contributed by atoms with Gasteiger partial charge in [-0.05, 0) is 35.7 Å². The highest BCUT2D eigenvalue weighted by Crippen LogP contribution is 2.15. The van der Waals surface area contributed by atoms with Crippen LogP contribution in [0.1, 0.15) is 22.4 Å². The highest BCUT2D eigenvalue weighted by molar-refractivity contribution is 6.30. The Labute approximate surface area is 220 Å². The maximum absolute atomic E-state index is 12.9. The minimum Gasteiger partial charge on any atom is -0.475 e. The number of carboxylic acid groups (broad SMARTS) is 1. The van der Waals surface area contributed by atoms with Crippen LogP contribution in [0, 0.1) is 6.92 Å². The second kappa shape index (κ2) is 13.6. The van der Waals surface area contributed by atoms with Gasteiger partial charge < -0.3 is 27.2 Å². The molecule has 0 aliphatic carbocycles. The summed E-state index contributed by atoms with van der Waals surface area (Å²) in [6.07, 6.45) is -5.08. The molecule has 0 saturated carbocycles. The van der Waals surface area contributed by atoms with Crippen molar-refractivity contribution < 1.29 is 27.9 Å². The van der Waals surface area contributed by atoms with Gasteiger partial charge in [0, 0.05) is 25.3 Å². The van der Waals surface area contributed by atoms with Gasteiger partial charge in [-0.1, -0.05) is 48.0 Å². The van der Waals surface area contributed by atoms with Crippen LogP contribution in [-0.4, -0.2) is 32.7 Å². The van der Waals surface area contributed by atoms with E-state index >= 15 is 0 Å². The highest BCUT2D eigenvalue weighted by atomic mass is 35.5.